The Labute approximate surface area is 190 Å². The molecule has 6 nitrogen and oxygen atoms in total. The predicted octanol–water partition coefficient (Wildman–Crippen LogP) is 4.95. The molecule has 0 aliphatic carbocycles. The van der Waals surface area contributed by atoms with Crippen LogP contribution in [0.25, 0.3) is 0 Å². The first-order valence-electron chi connectivity index (χ1n) is 9.77. The molecule has 31 heavy (non-hydrogen) atoms. The highest BCUT2D eigenvalue weighted by atomic mass is 35.5. The first-order valence-corrected chi connectivity index (χ1v) is 11.0. The van der Waals surface area contributed by atoms with Gasteiger partial charge in [-0.25, -0.2) is 5.43 Å². The fourth-order valence-electron chi connectivity index (χ4n) is 2.65. The van der Waals surface area contributed by atoms with Gasteiger partial charge in [0.15, 0.2) is 11.5 Å². The van der Waals surface area contributed by atoms with E-state index in [1.54, 1.807) is 24.4 Å². The number of hydrogen-bond acceptors (Lipinski definition) is 6. The zero-order valence-corrected chi connectivity index (χ0v) is 18.6. The van der Waals surface area contributed by atoms with Gasteiger partial charge in [0.1, 0.15) is 19.0 Å². The lowest BCUT2D eigenvalue weighted by Gasteiger charge is -2.13. The fraction of sp³-hybridized carbons (Fsp3) is 0.217. The van der Waals surface area contributed by atoms with Gasteiger partial charge in [-0.1, -0.05) is 29.8 Å². The van der Waals surface area contributed by atoms with E-state index >= 15 is 0 Å². The molecule has 0 bridgehead atoms. The molecule has 162 valence electrons. The van der Waals surface area contributed by atoms with Crippen molar-refractivity contribution in [2.75, 3.05) is 19.8 Å². The number of benzene rings is 2. The monoisotopic (exact) mass is 458 g/mol. The molecule has 0 radical (unpaired) electrons. The summed E-state index contributed by atoms with van der Waals surface area (Å²) < 4.78 is 17.1. The summed E-state index contributed by atoms with van der Waals surface area (Å²) in [6.07, 6.45) is 1.88. The van der Waals surface area contributed by atoms with Crippen LogP contribution in [0.3, 0.4) is 0 Å². The van der Waals surface area contributed by atoms with Crippen LogP contribution >= 0.6 is 22.9 Å². The van der Waals surface area contributed by atoms with E-state index in [1.807, 2.05) is 48.7 Å². The summed E-state index contributed by atoms with van der Waals surface area (Å²) in [4.78, 5) is 12.9. The summed E-state index contributed by atoms with van der Waals surface area (Å²) in [5.74, 6) is 1.64. The molecule has 0 aliphatic rings. The molecular weight excluding hydrogens is 436 g/mol. The number of nitrogens with zero attached hydrogens (tertiary/aromatic N) is 1. The number of thiophene rings is 1. The second kappa shape index (κ2) is 12.0. The molecule has 8 heteroatoms. The number of hydrogen-bond donors (Lipinski definition) is 1. The van der Waals surface area contributed by atoms with Crippen LogP contribution in [0.2, 0.25) is 5.02 Å². The van der Waals surface area contributed by atoms with Crippen molar-refractivity contribution in [3.8, 4) is 17.2 Å². The van der Waals surface area contributed by atoms with Crippen molar-refractivity contribution >= 4 is 35.1 Å². The Morgan fingerprint density at radius 3 is 2.58 bits per heavy atom. The molecular formula is C23H23ClN2O4S. The number of carbonyl (C=O) groups excluding carboxylic acids is 1. The summed E-state index contributed by atoms with van der Waals surface area (Å²) in [6, 6.07) is 16.6. The van der Waals surface area contributed by atoms with Gasteiger partial charge in [-0.15, -0.1) is 11.3 Å². The number of ether oxygens (including phenoxy) is 3. The average Bonchev–Trinajstić information content (AvgIpc) is 3.27. The van der Waals surface area contributed by atoms with Crippen molar-refractivity contribution in [1.82, 2.24) is 5.43 Å². The van der Waals surface area contributed by atoms with E-state index < -0.39 is 0 Å². The standard InChI is InChI=1S/C23H23ClN2O4S/c1-2-28-22-14-17(16-25-26-23(27)15-18-6-5-13-31-18)9-10-21(22)30-12-11-29-20-8-4-3-7-19(20)24/h3-10,13-14,16H,2,11-12,15H2,1H3,(H,26,27)/b25-16-. The fourth-order valence-corrected chi connectivity index (χ4v) is 3.54. The largest absolute Gasteiger partial charge is 0.490 e. The van der Waals surface area contributed by atoms with Crippen LogP contribution in [0, 0.1) is 0 Å². The minimum atomic E-state index is -0.165. The van der Waals surface area contributed by atoms with Gasteiger partial charge in [0.2, 0.25) is 5.91 Å². The first-order chi connectivity index (χ1) is 15.2. The van der Waals surface area contributed by atoms with E-state index in [-0.39, 0.29) is 5.91 Å². The Morgan fingerprint density at radius 2 is 1.84 bits per heavy atom. The van der Waals surface area contributed by atoms with E-state index in [9.17, 15) is 4.79 Å². The summed E-state index contributed by atoms with van der Waals surface area (Å²) in [7, 11) is 0. The Bertz CT molecular complexity index is 1010. The molecule has 0 fully saturated rings. The van der Waals surface area contributed by atoms with Crippen molar-refractivity contribution in [1.29, 1.82) is 0 Å². The molecule has 0 aliphatic heterocycles. The maximum atomic E-state index is 11.9. The zero-order valence-electron chi connectivity index (χ0n) is 17.0. The minimum absolute atomic E-state index is 0.165. The van der Waals surface area contributed by atoms with E-state index in [0.29, 0.717) is 48.5 Å². The topological polar surface area (TPSA) is 69.2 Å². The van der Waals surface area contributed by atoms with Crippen molar-refractivity contribution in [2.45, 2.75) is 13.3 Å². The van der Waals surface area contributed by atoms with Gasteiger partial charge >= 0.3 is 0 Å². The van der Waals surface area contributed by atoms with Crippen molar-refractivity contribution in [2.24, 2.45) is 5.10 Å². The summed E-state index contributed by atoms with van der Waals surface area (Å²) in [5, 5.41) is 6.52. The number of halogens is 1. The molecule has 3 aromatic rings. The number of nitrogens with one attached hydrogen (secondary N) is 1. The third-order valence-corrected chi connectivity index (χ3v) is 5.21. The van der Waals surface area contributed by atoms with Gasteiger partial charge in [-0.2, -0.15) is 5.10 Å². The Kier molecular flexibility index (Phi) is 8.75. The van der Waals surface area contributed by atoms with E-state index in [0.717, 1.165) is 10.4 Å². The van der Waals surface area contributed by atoms with E-state index in [4.69, 9.17) is 25.8 Å². The van der Waals surface area contributed by atoms with Crippen molar-refractivity contribution in [3.05, 3.63) is 75.4 Å². The van der Waals surface area contributed by atoms with E-state index in [2.05, 4.69) is 10.5 Å². The molecule has 3 rings (SSSR count). The normalized spacial score (nSPS) is 10.8. The molecule has 2 aromatic carbocycles. The first kappa shape index (κ1) is 22.7. The number of amides is 1. The molecule has 1 heterocycles. The summed E-state index contributed by atoms with van der Waals surface area (Å²) >= 11 is 7.62. The maximum Gasteiger partial charge on any atom is 0.245 e. The van der Waals surface area contributed by atoms with Crippen LogP contribution in [-0.2, 0) is 11.2 Å². The SMILES string of the molecule is CCOc1cc(/C=N\NC(=O)Cc2cccs2)ccc1OCCOc1ccccc1Cl. The van der Waals surface area contributed by atoms with Gasteiger partial charge < -0.3 is 14.2 Å². The molecule has 0 spiro atoms. The third kappa shape index (κ3) is 7.31. The van der Waals surface area contributed by atoms with Gasteiger partial charge in [-0.05, 0) is 54.3 Å². The molecule has 0 saturated heterocycles. The second-order valence-corrected chi connectivity index (χ2v) is 7.76. The Hall–Kier alpha value is -3.03. The third-order valence-electron chi connectivity index (χ3n) is 4.02. The van der Waals surface area contributed by atoms with Crippen molar-refractivity contribution in [3.63, 3.8) is 0 Å². The predicted molar refractivity (Wildman–Crippen MR) is 124 cm³/mol. The van der Waals surface area contributed by atoms with Crippen LogP contribution in [0.1, 0.15) is 17.4 Å². The average molecular weight is 459 g/mol. The van der Waals surface area contributed by atoms with Crippen LogP contribution in [0.15, 0.2) is 65.1 Å². The van der Waals surface area contributed by atoms with Gasteiger partial charge in [-0.3, -0.25) is 4.79 Å². The van der Waals surface area contributed by atoms with Crippen LogP contribution in [-0.4, -0.2) is 31.9 Å². The van der Waals surface area contributed by atoms with Crippen LogP contribution in [0.4, 0.5) is 0 Å². The van der Waals surface area contributed by atoms with Crippen LogP contribution in [0.5, 0.6) is 17.2 Å². The number of carbonyl (C=O) groups is 1. The van der Waals surface area contributed by atoms with E-state index in [1.165, 1.54) is 11.3 Å². The highest BCUT2D eigenvalue weighted by Crippen LogP contribution is 2.28. The second-order valence-electron chi connectivity index (χ2n) is 6.32. The Balaban J connectivity index is 1.52. The summed E-state index contributed by atoms with van der Waals surface area (Å²) in [6.45, 7) is 3.06. The minimum Gasteiger partial charge on any atom is -0.490 e. The summed E-state index contributed by atoms with van der Waals surface area (Å²) in [5.41, 5.74) is 3.31. The van der Waals surface area contributed by atoms with Gasteiger partial charge in [0.25, 0.3) is 0 Å². The molecule has 1 amide bonds. The smallest absolute Gasteiger partial charge is 0.245 e. The molecule has 0 atom stereocenters. The quantitative estimate of drug-likeness (QED) is 0.251. The number of para-hydroxylation sites is 1. The lowest BCUT2D eigenvalue weighted by molar-refractivity contribution is -0.120. The highest BCUT2D eigenvalue weighted by Gasteiger charge is 2.07. The van der Waals surface area contributed by atoms with Crippen LogP contribution < -0.4 is 19.6 Å². The molecule has 1 N–H and O–H groups in total. The molecule has 0 unspecified atom stereocenters. The van der Waals surface area contributed by atoms with Crippen molar-refractivity contribution < 1.29 is 19.0 Å². The lowest BCUT2D eigenvalue weighted by Crippen LogP contribution is -2.19. The Morgan fingerprint density at radius 1 is 1.03 bits per heavy atom. The maximum absolute atomic E-state index is 11.9. The van der Waals surface area contributed by atoms with Gasteiger partial charge in [0, 0.05) is 4.88 Å². The van der Waals surface area contributed by atoms with Gasteiger partial charge in [0.05, 0.1) is 24.3 Å². The molecule has 1 aromatic heterocycles. The molecule has 0 saturated carbocycles. The zero-order chi connectivity index (χ0) is 21.9. The number of rotatable bonds is 11. The number of hydrazone groups is 1. The highest BCUT2D eigenvalue weighted by molar-refractivity contribution is 7.10. The lowest BCUT2D eigenvalue weighted by atomic mass is 10.2.